The Kier molecular flexibility index (Phi) is 4.15. The second-order valence-corrected chi connectivity index (χ2v) is 2.76. The minimum Gasteiger partial charge on any atom is -0.475 e. The van der Waals surface area contributed by atoms with Gasteiger partial charge in [0, 0.05) is 13.1 Å². The highest BCUT2D eigenvalue weighted by Crippen LogP contribution is 2.10. The number of pyridine rings is 1. The molecule has 0 saturated carbocycles. The zero-order chi connectivity index (χ0) is 10.4. The Morgan fingerprint density at radius 1 is 1.57 bits per heavy atom. The van der Waals surface area contributed by atoms with Gasteiger partial charge in [-0.2, -0.15) is 4.98 Å². The van der Waals surface area contributed by atoms with Crippen LogP contribution in [-0.2, 0) is 0 Å². The van der Waals surface area contributed by atoms with Gasteiger partial charge in [-0.05, 0) is 6.07 Å². The molecule has 0 fully saturated rings. The SMILES string of the molecule is CNc1cccc(OCC(O)CO)n1. The van der Waals surface area contributed by atoms with Crippen LogP contribution in [-0.4, -0.2) is 41.6 Å². The van der Waals surface area contributed by atoms with Crippen LogP contribution in [0.15, 0.2) is 18.2 Å². The number of aromatic nitrogens is 1. The molecule has 1 aromatic heterocycles. The van der Waals surface area contributed by atoms with Crippen molar-refractivity contribution in [2.45, 2.75) is 6.10 Å². The van der Waals surface area contributed by atoms with E-state index in [9.17, 15) is 0 Å². The Hall–Kier alpha value is -1.33. The lowest BCUT2D eigenvalue weighted by atomic mass is 10.4. The smallest absolute Gasteiger partial charge is 0.215 e. The number of nitrogens with one attached hydrogen (secondary N) is 1. The summed E-state index contributed by atoms with van der Waals surface area (Å²) in [6.07, 6.45) is -0.866. The molecule has 0 radical (unpaired) electrons. The highest BCUT2D eigenvalue weighted by molar-refractivity contribution is 5.35. The molecular weight excluding hydrogens is 184 g/mol. The van der Waals surface area contributed by atoms with Crippen LogP contribution in [0.4, 0.5) is 5.82 Å². The molecule has 0 aliphatic heterocycles. The van der Waals surface area contributed by atoms with Crippen molar-refractivity contribution in [3.8, 4) is 5.88 Å². The number of nitrogens with zero attached hydrogens (tertiary/aromatic N) is 1. The molecule has 14 heavy (non-hydrogen) atoms. The zero-order valence-electron chi connectivity index (χ0n) is 7.97. The molecule has 5 heteroatoms. The van der Waals surface area contributed by atoms with Crippen LogP contribution in [0.5, 0.6) is 5.88 Å². The van der Waals surface area contributed by atoms with Gasteiger partial charge in [0.25, 0.3) is 0 Å². The molecule has 0 saturated heterocycles. The van der Waals surface area contributed by atoms with Gasteiger partial charge in [-0.3, -0.25) is 0 Å². The van der Waals surface area contributed by atoms with E-state index in [0.717, 1.165) is 0 Å². The molecule has 0 aromatic carbocycles. The maximum Gasteiger partial charge on any atom is 0.215 e. The van der Waals surface area contributed by atoms with E-state index in [1.807, 2.05) is 0 Å². The predicted molar refractivity (Wildman–Crippen MR) is 52.4 cm³/mol. The van der Waals surface area contributed by atoms with Crippen LogP contribution in [0.2, 0.25) is 0 Å². The Morgan fingerprint density at radius 3 is 3.00 bits per heavy atom. The summed E-state index contributed by atoms with van der Waals surface area (Å²) >= 11 is 0. The van der Waals surface area contributed by atoms with E-state index in [1.54, 1.807) is 25.2 Å². The number of rotatable bonds is 5. The van der Waals surface area contributed by atoms with E-state index in [0.29, 0.717) is 11.7 Å². The van der Waals surface area contributed by atoms with Crippen molar-refractivity contribution in [3.05, 3.63) is 18.2 Å². The molecule has 78 valence electrons. The fourth-order valence-corrected chi connectivity index (χ4v) is 0.869. The average molecular weight is 198 g/mol. The first-order chi connectivity index (χ1) is 6.76. The number of ether oxygens (including phenoxy) is 1. The van der Waals surface area contributed by atoms with Gasteiger partial charge in [0.1, 0.15) is 18.5 Å². The normalized spacial score (nSPS) is 12.2. The topological polar surface area (TPSA) is 74.6 Å². The Labute approximate surface area is 82.4 Å². The highest BCUT2D eigenvalue weighted by Gasteiger charge is 2.03. The molecule has 0 bridgehead atoms. The molecular formula is C9H14N2O3. The van der Waals surface area contributed by atoms with E-state index >= 15 is 0 Å². The van der Waals surface area contributed by atoms with Crippen molar-refractivity contribution in [2.75, 3.05) is 25.6 Å². The number of hydrogen-bond donors (Lipinski definition) is 3. The van der Waals surface area contributed by atoms with Crippen molar-refractivity contribution >= 4 is 5.82 Å². The van der Waals surface area contributed by atoms with Gasteiger partial charge in [-0.1, -0.05) is 6.07 Å². The van der Waals surface area contributed by atoms with Crippen molar-refractivity contribution in [3.63, 3.8) is 0 Å². The fourth-order valence-electron chi connectivity index (χ4n) is 0.869. The summed E-state index contributed by atoms with van der Waals surface area (Å²) in [4.78, 5) is 4.07. The first-order valence-electron chi connectivity index (χ1n) is 4.32. The summed E-state index contributed by atoms with van der Waals surface area (Å²) in [6, 6.07) is 5.28. The largest absolute Gasteiger partial charge is 0.475 e. The van der Waals surface area contributed by atoms with E-state index in [-0.39, 0.29) is 13.2 Å². The van der Waals surface area contributed by atoms with Crippen LogP contribution in [0.3, 0.4) is 0 Å². The van der Waals surface area contributed by atoms with Gasteiger partial charge in [0.2, 0.25) is 5.88 Å². The lowest BCUT2D eigenvalue weighted by Crippen LogP contribution is -2.21. The highest BCUT2D eigenvalue weighted by atomic mass is 16.5. The average Bonchev–Trinajstić information content (AvgIpc) is 2.26. The van der Waals surface area contributed by atoms with Crippen LogP contribution < -0.4 is 10.1 Å². The first-order valence-corrected chi connectivity index (χ1v) is 4.32. The van der Waals surface area contributed by atoms with E-state index in [4.69, 9.17) is 14.9 Å². The predicted octanol–water partition coefficient (Wildman–Crippen LogP) is -0.145. The van der Waals surface area contributed by atoms with Gasteiger partial charge < -0.3 is 20.3 Å². The molecule has 1 atom stereocenters. The Bertz CT molecular complexity index is 281. The zero-order valence-corrected chi connectivity index (χ0v) is 7.97. The number of aliphatic hydroxyl groups is 2. The third-order valence-electron chi connectivity index (χ3n) is 1.61. The summed E-state index contributed by atoms with van der Waals surface area (Å²) in [5, 5.41) is 20.4. The van der Waals surface area contributed by atoms with E-state index < -0.39 is 6.10 Å². The standard InChI is InChI=1S/C9H14N2O3/c1-10-8-3-2-4-9(11-8)14-6-7(13)5-12/h2-4,7,12-13H,5-6H2,1H3,(H,10,11). The Morgan fingerprint density at radius 2 is 2.36 bits per heavy atom. The minimum atomic E-state index is -0.866. The van der Waals surface area contributed by atoms with Crippen LogP contribution in [0.1, 0.15) is 0 Å². The molecule has 1 unspecified atom stereocenters. The maximum absolute atomic E-state index is 9.03. The molecule has 0 amide bonds. The molecule has 0 aliphatic rings. The Balaban J connectivity index is 2.50. The molecule has 0 aliphatic carbocycles. The number of aliphatic hydroxyl groups excluding tert-OH is 2. The monoisotopic (exact) mass is 198 g/mol. The summed E-state index contributed by atoms with van der Waals surface area (Å²) in [7, 11) is 1.76. The fraction of sp³-hybridized carbons (Fsp3) is 0.444. The third kappa shape index (κ3) is 3.20. The summed E-state index contributed by atoms with van der Waals surface area (Å²) in [5.74, 6) is 1.12. The lowest BCUT2D eigenvalue weighted by molar-refractivity contribution is 0.0521. The van der Waals surface area contributed by atoms with Crippen molar-refractivity contribution in [2.24, 2.45) is 0 Å². The third-order valence-corrected chi connectivity index (χ3v) is 1.61. The van der Waals surface area contributed by atoms with Crippen LogP contribution in [0, 0.1) is 0 Å². The number of anilines is 1. The van der Waals surface area contributed by atoms with Gasteiger partial charge in [-0.15, -0.1) is 0 Å². The van der Waals surface area contributed by atoms with E-state index in [1.165, 1.54) is 0 Å². The van der Waals surface area contributed by atoms with Gasteiger partial charge in [0.05, 0.1) is 6.61 Å². The van der Waals surface area contributed by atoms with Gasteiger partial charge in [-0.25, -0.2) is 0 Å². The second-order valence-electron chi connectivity index (χ2n) is 2.76. The lowest BCUT2D eigenvalue weighted by Gasteiger charge is -2.09. The summed E-state index contributed by atoms with van der Waals surface area (Å²) < 4.78 is 5.14. The molecule has 1 aromatic rings. The molecule has 1 heterocycles. The number of hydrogen-bond acceptors (Lipinski definition) is 5. The molecule has 5 nitrogen and oxygen atoms in total. The molecule has 0 spiro atoms. The summed E-state index contributed by atoms with van der Waals surface area (Å²) in [5.41, 5.74) is 0. The summed E-state index contributed by atoms with van der Waals surface area (Å²) in [6.45, 7) is -0.275. The quantitative estimate of drug-likeness (QED) is 0.613. The van der Waals surface area contributed by atoms with Crippen LogP contribution >= 0.6 is 0 Å². The minimum absolute atomic E-state index is 0.0384. The second kappa shape index (κ2) is 5.41. The van der Waals surface area contributed by atoms with E-state index in [2.05, 4.69) is 10.3 Å². The van der Waals surface area contributed by atoms with Gasteiger partial charge >= 0.3 is 0 Å². The van der Waals surface area contributed by atoms with Crippen molar-refractivity contribution in [1.29, 1.82) is 0 Å². The van der Waals surface area contributed by atoms with Crippen molar-refractivity contribution in [1.82, 2.24) is 4.98 Å². The first kappa shape index (κ1) is 10.7. The van der Waals surface area contributed by atoms with Gasteiger partial charge in [0.15, 0.2) is 0 Å². The van der Waals surface area contributed by atoms with Crippen LogP contribution in [0.25, 0.3) is 0 Å². The molecule has 3 N–H and O–H groups in total. The maximum atomic E-state index is 9.03. The molecule has 1 rings (SSSR count). The van der Waals surface area contributed by atoms with Crippen molar-refractivity contribution < 1.29 is 14.9 Å².